The summed E-state index contributed by atoms with van der Waals surface area (Å²) in [5.74, 6) is 0. The molecule has 1 saturated carbocycles. The van der Waals surface area contributed by atoms with E-state index in [0.29, 0.717) is 6.54 Å². The van der Waals surface area contributed by atoms with Crippen molar-refractivity contribution < 1.29 is 5.11 Å². The molecule has 3 N–H and O–H groups in total. The summed E-state index contributed by atoms with van der Waals surface area (Å²) in [5, 5.41) is 11.4. The second-order valence-electron chi connectivity index (χ2n) is 5.20. The quantitative estimate of drug-likeness (QED) is 0.853. The second kappa shape index (κ2) is 4.75. The second-order valence-corrected chi connectivity index (χ2v) is 5.20. The SMILES string of the molecule is NCc1cccc2c1ccn2C1CCCCC1O. The standard InChI is InChI=1S/C15H20N2O/c16-10-11-4-3-6-13-12(11)8-9-17(13)14-5-1-2-7-15(14)18/h3-4,6,8-9,14-15,18H,1-2,5,7,10,16H2. The Morgan fingerprint density at radius 1 is 1.22 bits per heavy atom. The lowest BCUT2D eigenvalue weighted by atomic mass is 9.92. The van der Waals surface area contributed by atoms with Gasteiger partial charge in [0.05, 0.1) is 12.1 Å². The van der Waals surface area contributed by atoms with Gasteiger partial charge in [-0.1, -0.05) is 25.0 Å². The minimum Gasteiger partial charge on any atom is -0.391 e. The molecule has 3 heteroatoms. The summed E-state index contributed by atoms with van der Waals surface area (Å²) < 4.78 is 2.23. The van der Waals surface area contributed by atoms with Gasteiger partial charge in [-0.2, -0.15) is 0 Å². The molecule has 0 saturated heterocycles. The Labute approximate surface area is 107 Å². The van der Waals surface area contributed by atoms with E-state index in [0.717, 1.165) is 19.3 Å². The minimum absolute atomic E-state index is 0.212. The van der Waals surface area contributed by atoms with E-state index in [-0.39, 0.29) is 12.1 Å². The molecule has 0 bridgehead atoms. The van der Waals surface area contributed by atoms with Crippen LogP contribution in [-0.2, 0) is 6.54 Å². The maximum Gasteiger partial charge on any atom is 0.0747 e. The predicted molar refractivity (Wildman–Crippen MR) is 73.3 cm³/mol. The number of fused-ring (bicyclic) bond motifs is 1. The van der Waals surface area contributed by atoms with Gasteiger partial charge in [-0.25, -0.2) is 0 Å². The van der Waals surface area contributed by atoms with Gasteiger partial charge in [0.15, 0.2) is 0 Å². The molecule has 96 valence electrons. The molecule has 3 rings (SSSR count). The van der Waals surface area contributed by atoms with E-state index in [9.17, 15) is 5.11 Å². The number of aliphatic hydroxyl groups is 1. The maximum absolute atomic E-state index is 10.2. The summed E-state index contributed by atoms with van der Waals surface area (Å²) in [4.78, 5) is 0. The van der Waals surface area contributed by atoms with Gasteiger partial charge in [0.1, 0.15) is 0 Å². The first-order valence-corrected chi connectivity index (χ1v) is 6.78. The third-order valence-electron chi connectivity index (χ3n) is 4.12. The van der Waals surface area contributed by atoms with E-state index in [1.165, 1.54) is 22.9 Å². The van der Waals surface area contributed by atoms with E-state index in [1.807, 2.05) is 0 Å². The van der Waals surface area contributed by atoms with Crippen molar-refractivity contribution in [1.82, 2.24) is 4.57 Å². The number of aliphatic hydroxyl groups excluding tert-OH is 1. The van der Waals surface area contributed by atoms with Crippen molar-refractivity contribution in [1.29, 1.82) is 0 Å². The van der Waals surface area contributed by atoms with E-state index >= 15 is 0 Å². The van der Waals surface area contributed by atoms with Crippen LogP contribution in [0.3, 0.4) is 0 Å². The lowest BCUT2D eigenvalue weighted by Crippen LogP contribution is -2.27. The molecule has 3 nitrogen and oxygen atoms in total. The molecule has 1 aromatic heterocycles. The zero-order valence-electron chi connectivity index (χ0n) is 10.5. The Bertz CT molecular complexity index is 546. The molecule has 2 unspecified atom stereocenters. The van der Waals surface area contributed by atoms with Gasteiger partial charge in [-0.3, -0.25) is 0 Å². The molecular weight excluding hydrogens is 224 g/mol. The van der Waals surface area contributed by atoms with Gasteiger partial charge in [0.2, 0.25) is 0 Å². The molecular formula is C15H20N2O. The molecule has 2 aromatic rings. The Kier molecular flexibility index (Phi) is 3.10. The molecule has 1 heterocycles. The lowest BCUT2D eigenvalue weighted by Gasteiger charge is -2.29. The van der Waals surface area contributed by atoms with Gasteiger partial charge in [0.25, 0.3) is 0 Å². The molecule has 0 aliphatic heterocycles. The van der Waals surface area contributed by atoms with E-state index in [4.69, 9.17) is 5.73 Å². The number of hydrogen-bond acceptors (Lipinski definition) is 2. The molecule has 1 aliphatic rings. The Hall–Kier alpha value is -1.32. The summed E-state index contributed by atoms with van der Waals surface area (Å²) >= 11 is 0. The van der Waals surface area contributed by atoms with Crippen molar-refractivity contribution >= 4 is 10.9 Å². The summed E-state index contributed by atoms with van der Waals surface area (Å²) in [5.41, 5.74) is 8.15. The average molecular weight is 244 g/mol. The third kappa shape index (κ3) is 1.84. The van der Waals surface area contributed by atoms with E-state index < -0.39 is 0 Å². The summed E-state index contributed by atoms with van der Waals surface area (Å²) in [7, 11) is 0. The van der Waals surface area contributed by atoms with Crippen molar-refractivity contribution in [2.45, 2.75) is 44.4 Å². The molecule has 1 aromatic carbocycles. The molecule has 0 spiro atoms. The first-order valence-electron chi connectivity index (χ1n) is 6.78. The highest BCUT2D eigenvalue weighted by atomic mass is 16.3. The Morgan fingerprint density at radius 2 is 2.06 bits per heavy atom. The summed E-state index contributed by atoms with van der Waals surface area (Å²) in [6.45, 7) is 0.564. The number of rotatable bonds is 2. The van der Waals surface area contributed by atoms with Crippen LogP contribution in [-0.4, -0.2) is 15.8 Å². The van der Waals surface area contributed by atoms with Crippen molar-refractivity contribution in [3.8, 4) is 0 Å². The lowest BCUT2D eigenvalue weighted by molar-refractivity contribution is 0.0776. The fourth-order valence-electron chi connectivity index (χ4n) is 3.14. The van der Waals surface area contributed by atoms with E-state index in [2.05, 4.69) is 35.0 Å². The van der Waals surface area contributed by atoms with Crippen LogP contribution in [0.5, 0.6) is 0 Å². The number of nitrogens with two attached hydrogens (primary N) is 1. The zero-order valence-corrected chi connectivity index (χ0v) is 10.5. The number of aromatic nitrogens is 1. The predicted octanol–water partition coefficient (Wildman–Crippen LogP) is 2.58. The Balaban J connectivity index is 2.07. The number of benzene rings is 1. The van der Waals surface area contributed by atoms with Crippen molar-refractivity contribution in [2.24, 2.45) is 5.73 Å². The van der Waals surface area contributed by atoms with Crippen LogP contribution in [0.2, 0.25) is 0 Å². The van der Waals surface area contributed by atoms with Gasteiger partial charge in [-0.05, 0) is 30.5 Å². The molecule has 1 aliphatic carbocycles. The van der Waals surface area contributed by atoms with Gasteiger partial charge in [0, 0.05) is 23.6 Å². The third-order valence-corrected chi connectivity index (χ3v) is 4.12. The van der Waals surface area contributed by atoms with Crippen LogP contribution in [0.15, 0.2) is 30.5 Å². The maximum atomic E-state index is 10.2. The topological polar surface area (TPSA) is 51.2 Å². The van der Waals surface area contributed by atoms with Crippen LogP contribution in [0.4, 0.5) is 0 Å². The zero-order chi connectivity index (χ0) is 12.5. The van der Waals surface area contributed by atoms with Crippen LogP contribution in [0, 0.1) is 0 Å². The highest BCUT2D eigenvalue weighted by Crippen LogP contribution is 2.32. The highest BCUT2D eigenvalue weighted by Gasteiger charge is 2.25. The fourth-order valence-corrected chi connectivity index (χ4v) is 3.14. The number of nitrogens with zero attached hydrogens (tertiary/aromatic N) is 1. The average Bonchev–Trinajstić information content (AvgIpc) is 2.83. The largest absolute Gasteiger partial charge is 0.391 e. The molecule has 0 amide bonds. The summed E-state index contributed by atoms with van der Waals surface area (Å²) in [6, 6.07) is 8.60. The van der Waals surface area contributed by atoms with Gasteiger partial charge >= 0.3 is 0 Å². The number of hydrogen-bond donors (Lipinski definition) is 2. The van der Waals surface area contributed by atoms with Crippen molar-refractivity contribution in [2.75, 3.05) is 0 Å². The van der Waals surface area contributed by atoms with Crippen molar-refractivity contribution in [3.63, 3.8) is 0 Å². The molecule has 2 atom stereocenters. The minimum atomic E-state index is -0.212. The molecule has 18 heavy (non-hydrogen) atoms. The highest BCUT2D eigenvalue weighted by molar-refractivity contribution is 5.83. The van der Waals surface area contributed by atoms with Crippen LogP contribution in [0.1, 0.15) is 37.3 Å². The van der Waals surface area contributed by atoms with Crippen LogP contribution < -0.4 is 5.73 Å². The fraction of sp³-hybridized carbons (Fsp3) is 0.467. The van der Waals surface area contributed by atoms with Crippen molar-refractivity contribution in [3.05, 3.63) is 36.0 Å². The monoisotopic (exact) mass is 244 g/mol. The summed E-state index contributed by atoms with van der Waals surface area (Å²) in [6.07, 6.45) is 6.22. The van der Waals surface area contributed by atoms with Crippen LogP contribution >= 0.6 is 0 Å². The first kappa shape index (κ1) is 11.8. The molecule has 1 fully saturated rings. The Morgan fingerprint density at radius 3 is 2.83 bits per heavy atom. The van der Waals surface area contributed by atoms with Gasteiger partial charge in [-0.15, -0.1) is 0 Å². The smallest absolute Gasteiger partial charge is 0.0747 e. The van der Waals surface area contributed by atoms with Gasteiger partial charge < -0.3 is 15.4 Å². The van der Waals surface area contributed by atoms with E-state index in [1.54, 1.807) is 0 Å². The molecule has 0 radical (unpaired) electrons. The normalized spacial score (nSPS) is 24.6. The first-order chi connectivity index (χ1) is 8.81. The van der Waals surface area contributed by atoms with Crippen LogP contribution in [0.25, 0.3) is 10.9 Å².